The Morgan fingerprint density at radius 3 is 1.94 bits per heavy atom. The number of β-amino-alcohol motifs (C(OH)–C–C–N with tert-alkyl or cyclic N) is 1. The largest absolute Gasteiger partial charge is 0.391 e. The summed E-state index contributed by atoms with van der Waals surface area (Å²) < 4.78 is 26.9. The van der Waals surface area contributed by atoms with Crippen molar-refractivity contribution in [2.45, 2.75) is 37.0 Å². The molecule has 0 bridgehead atoms. The topological polar surface area (TPSA) is 23.5 Å². The van der Waals surface area contributed by atoms with Gasteiger partial charge in [-0.05, 0) is 91.4 Å². The maximum Gasteiger partial charge on any atom is 0.123 e. The highest BCUT2D eigenvalue weighted by atomic mass is 32.2. The van der Waals surface area contributed by atoms with Gasteiger partial charge in [0, 0.05) is 6.54 Å². The van der Waals surface area contributed by atoms with Gasteiger partial charge >= 0.3 is 0 Å². The van der Waals surface area contributed by atoms with E-state index < -0.39 is 0 Å². The maximum absolute atomic E-state index is 13.4. The van der Waals surface area contributed by atoms with Crippen LogP contribution in [-0.2, 0) is 6.42 Å². The molecular formula is C29H33F2NOS. The van der Waals surface area contributed by atoms with Crippen LogP contribution in [0.5, 0.6) is 0 Å². The van der Waals surface area contributed by atoms with E-state index >= 15 is 0 Å². The second-order valence-electron chi connectivity index (χ2n) is 9.23. The summed E-state index contributed by atoms with van der Waals surface area (Å²) in [5, 5.41) is 10.5. The van der Waals surface area contributed by atoms with Crippen LogP contribution in [0.15, 0.2) is 78.9 Å². The number of hydrogen-bond acceptors (Lipinski definition) is 3. The van der Waals surface area contributed by atoms with Gasteiger partial charge in [-0.2, -0.15) is 0 Å². The molecule has 0 aliphatic carbocycles. The zero-order valence-corrected chi connectivity index (χ0v) is 20.3. The summed E-state index contributed by atoms with van der Waals surface area (Å²) in [4.78, 5) is 2.39. The van der Waals surface area contributed by atoms with Gasteiger partial charge in [0.05, 0.1) is 11.4 Å². The van der Waals surface area contributed by atoms with E-state index in [4.69, 9.17) is 0 Å². The molecule has 0 radical (unpaired) electrons. The lowest BCUT2D eigenvalue weighted by molar-refractivity contribution is 0.0890. The van der Waals surface area contributed by atoms with E-state index in [0.29, 0.717) is 12.3 Å². The molecule has 1 saturated heterocycles. The first-order valence-electron chi connectivity index (χ1n) is 12.1. The minimum absolute atomic E-state index is 0.0643. The number of likely N-dealkylation sites (tertiary alicyclic amines) is 1. The summed E-state index contributed by atoms with van der Waals surface area (Å²) >= 11 is 1.85. The normalized spacial score (nSPS) is 16.1. The molecule has 0 amide bonds. The van der Waals surface area contributed by atoms with Gasteiger partial charge in [0.25, 0.3) is 0 Å². The van der Waals surface area contributed by atoms with E-state index in [0.717, 1.165) is 55.8 Å². The predicted octanol–water partition coefficient (Wildman–Crippen LogP) is 6.49. The summed E-state index contributed by atoms with van der Waals surface area (Å²) in [7, 11) is 0. The molecule has 1 N–H and O–H groups in total. The highest BCUT2D eigenvalue weighted by Crippen LogP contribution is 2.37. The molecule has 0 spiro atoms. The molecule has 34 heavy (non-hydrogen) atoms. The number of nitrogens with zero attached hydrogens (tertiary/aromatic N) is 1. The molecule has 3 aromatic rings. The number of thioether (sulfide) groups is 1. The Morgan fingerprint density at radius 1 is 0.824 bits per heavy atom. The van der Waals surface area contributed by atoms with E-state index in [9.17, 15) is 13.9 Å². The van der Waals surface area contributed by atoms with Crippen molar-refractivity contribution in [3.8, 4) is 0 Å². The van der Waals surface area contributed by atoms with Gasteiger partial charge in [-0.1, -0.05) is 54.6 Å². The Hall–Kier alpha value is -2.21. The van der Waals surface area contributed by atoms with Crippen LogP contribution in [0.4, 0.5) is 8.78 Å². The third kappa shape index (κ3) is 7.39. The lowest BCUT2D eigenvalue weighted by Crippen LogP contribution is -2.39. The molecule has 1 unspecified atom stereocenters. The highest BCUT2D eigenvalue weighted by molar-refractivity contribution is 7.99. The number of aliphatic hydroxyl groups excluding tert-OH is 1. The average Bonchev–Trinajstić information content (AvgIpc) is 2.85. The van der Waals surface area contributed by atoms with Crippen molar-refractivity contribution < 1.29 is 13.9 Å². The van der Waals surface area contributed by atoms with Gasteiger partial charge in [-0.15, -0.1) is 11.8 Å². The second-order valence-corrected chi connectivity index (χ2v) is 10.4. The fourth-order valence-electron chi connectivity index (χ4n) is 4.72. The molecule has 2 nitrogen and oxygen atoms in total. The van der Waals surface area contributed by atoms with E-state index in [2.05, 4.69) is 17.0 Å². The van der Waals surface area contributed by atoms with Crippen molar-refractivity contribution in [3.05, 3.63) is 107 Å². The van der Waals surface area contributed by atoms with Crippen LogP contribution in [0.25, 0.3) is 0 Å². The Morgan fingerprint density at radius 2 is 1.38 bits per heavy atom. The van der Waals surface area contributed by atoms with Crippen molar-refractivity contribution >= 4 is 11.8 Å². The van der Waals surface area contributed by atoms with E-state index in [1.165, 1.54) is 29.8 Å². The molecule has 1 fully saturated rings. The third-order valence-electron chi connectivity index (χ3n) is 6.65. The van der Waals surface area contributed by atoms with Gasteiger partial charge in [0.1, 0.15) is 11.6 Å². The Kier molecular flexibility index (Phi) is 9.14. The lowest BCUT2D eigenvalue weighted by atomic mass is 9.94. The van der Waals surface area contributed by atoms with E-state index in [1.807, 2.05) is 54.2 Å². The van der Waals surface area contributed by atoms with Crippen molar-refractivity contribution in [1.29, 1.82) is 0 Å². The molecule has 1 aliphatic rings. The first kappa shape index (κ1) is 24.9. The molecule has 0 aromatic heterocycles. The summed E-state index contributed by atoms with van der Waals surface area (Å²) in [5.74, 6) is 1.19. The molecule has 1 atom stereocenters. The Labute approximate surface area is 206 Å². The molecule has 5 heteroatoms. The average molecular weight is 482 g/mol. The van der Waals surface area contributed by atoms with Crippen LogP contribution in [-0.4, -0.2) is 41.5 Å². The lowest BCUT2D eigenvalue weighted by Gasteiger charge is -2.33. The summed E-state index contributed by atoms with van der Waals surface area (Å²) in [6.07, 6.45) is 3.80. The van der Waals surface area contributed by atoms with Gasteiger partial charge in [0.2, 0.25) is 0 Å². The standard InChI is InChI=1S/C29H33F2NOS/c30-26-10-6-24(7-11-26)29(25-8-12-27(31)13-9-25)34-19-16-22-14-17-32(18-15-22)21-28(33)20-23-4-2-1-3-5-23/h1-13,22,28-29,33H,14-21H2. The monoisotopic (exact) mass is 481 g/mol. The van der Waals surface area contributed by atoms with Crippen molar-refractivity contribution in [1.82, 2.24) is 4.90 Å². The second kappa shape index (κ2) is 12.5. The molecule has 3 aromatic carbocycles. The quantitative estimate of drug-likeness (QED) is 0.358. The molecular weight excluding hydrogens is 448 g/mol. The number of hydrogen-bond donors (Lipinski definition) is 1. The maximum atomic E-state index is 13.4. The minimum Gasteiger partial charge on any atom is -0.391 e. The van der Waals surface area contributed by atoms with Crippen LogP contribution in [0.1, 0.15) is 41.2 Å². The van der Waals surface area contributed by atoms with Gasteiger partial charge in [0.15, 0.2) is 0 Å². The van der Waals surface area contributed by atoms with Crippen LogP contribution < -0.4 is 0 Å². The first-order chi connectivity index (χ1) is 16.6. The fraction of sp³-hybridized carbons (Fsp3) is 0.379. The zero-order chi connectivity index (χ0) is 23.8. The number of rotatable bonds is 10. The van der Waals surface area contributed by atoms with E-state index in [-0.39, 0.29) is 23.0 Å². The van der Waals surface area contributed by atoms with Crippen LogP contribution in [0, 0.1) is 17.6 Å². The van der Waals surface area contributed by atoms with E-state index in [1.54, 1.807) is 0 Å². The fourth-order valence-corrected chi connectivity index (χ4v) is 6.12. The molecule has 180 valence electrons. The van der Waals surface area contributed by atoms with Gasteiger partial charge < -0.3 is 10.0 Å². The van der Waals surface area contributed by atoms with Crippen molar-refractivity contribution in [2.75, 3.05) is 25.4 Å². The molecule has 4 rings (SSSR count). The van der Waals surface area contributed by atoms with Crippen LogP contribution >= 0.6 is 11.8 Å². The molecule has 1 heterocycles. The molecule has 1 aliphatic heterocycles. The number of benzene rings is 3. The minimum atomic E-state index is -0.332. The summed E-state index contributed by atoms with van der Waals surface area (Å²) in [6.45, 7) is 2.79. The summed E-state index contributed by atoms with van der Waals surface area (Å²) in [6, 6.07) is 23.5. The van der Waals surface area contributed by atoms with Crippen molar-refractivity contribution in [2.24, 2.45) is 5.92 Å². The van der Waals surface area contributed by atoms with Crippen LogP contribution in [0.3, 0.4) is 0 Å². The predicted molar refractivity (Wildman–Crippen MR) is 137 cm³/mol. The van der Waals surface area contributed by atoms with Crippen LogP contribution in [0.2, 0.25) is 0 Å². The number of aliphatic hydroxyl groups is 1. The first-order valence-corrected chi connectivity index (χ1v) is 13.2. The third-order valence-corrected chi connectivity index (χ3v) is 8.00. The zero-order valence-electron chi connectivity index (χ0n) is 19.5. The number of halogens is 2. The smallest absolute Gasteiger partial charge is 0.123 e. The Balaban J connectivity index is 1.24. The molecule has 0 saturated carbocycles. The highest BCUT2D eigenvalue weighted by Gasteiger charge is 2.22. The summed E-state index contributed by atoms with van der Waals surface area (Å²) in [5.41, 5.74) is 3.26. The Bertz CT molecular complexity index is 943. The van der Waals surface area contributed by atoms with Gasteiger partial charge in [-0.3, -0.25) is 0 Å². The SMILES string of the molecule is OC(Cc1ccccc1)CN1CCC(CCSC(c2ccc(F)cc2)c2ccc(F)cc2)CC1. The number of piperidine rings is 1. The van der Waals surface area contributed by atoms with Gasteiger partial charge in [-0.25, -0.2) is 8.78 Å². The van der Waals surface area contributed by atoms with Crippen molar-refractivity contribution in [3.63, 3.8) is 0 Å².